The molecule has 12 nitrogen and oxygen atoms in total. The van der Waals surface area contributed by atoms with Crippen molar-refractivity contribution in [3.05, 3.63) is 121 Å². The summed E-state index contributed by atoms with van der Waals surface area (Å²) in [4.78, 5) is 87.7. The fourth-order valence-corrected chi connectivity index (χ4v) is 6.05. The van der Waals surface area contributed by atoms with E-state index in [0.29, 0.717) is 19.3 Å². The van der Waals surface area contributed by atoms with Crippen molar-refractivity contribution in [1.82, 2.24) is 13.7 Å². The van der Waals surface area contributed by atoms with Gasteiger partial charge in [-0.15, -0.1) is 0 Å². The quantitative estimate of drug-likeness (QED) is 0.0823. The molecule has 3 aromatic carbocycles. The standard InChI is InChI=1S/C39H42N6O6/c1-4-7-10-34(40-25-46)28-13-19-31(20-14-28)43-37(49)44(32-21-15-29(16-22-32)35(41-26-47)11-8-5-2)39(51)45(38(43)50)33-23-17-30(18-24-33)36(42-27-48)12-9-6-3/h13-24,34-36H,4-12H2,1-3H3. The molecule has 264 valence electrons. The lowest BCUT2D eigenvalue weighted by molar-refractivity contribution is 0.547. The second-order valence-corrected chi connectivity index (χ2v) is 12.3. The Hall–Kier alpha value is -5.79. The number of hydrogen-bond acceptors (Lipinski definition) is 9. The summed E-state index contributed by atoms with van der Waals surface area (Å²) in [5.74, 6) is 0. The number of unbranched alkanes of at least 4 members (excludes halogenated alkanes) is 3. The number of aliphatic imine (C=N–C) groups is 3. The molecule has 1 aromatic heterocycles. The van der Waals surface area contributed by atoms with E-state index in [9.17, 15) is 28.8 Å². The number of aromatic nitrogens is 3. The molecule has 12 heteroatoms. The number of carbonyl (C=O) groups excluding carboxylic acids is 3. The van der Waals surface area contributed by atoms with Crippen LogP contribution in [0, 0.1) is 0 Å². The van der Waals surface area contributed by atoms with Crippen LogP contribution in [-0.2, 0) is 14.4 Å². The second kappa shape index (κ2) is 18.8. The molecule has 3 unspecified atom stereocenters. The molecule has 4 aromatic rings. The molecule has 0 N–H and O–H groups in total. The molecule has 0 spiro atoms. The van der Waals surface area contributed by atoms with Crippen LogP contribution in [0.25, 0.3) is 17.1 Å². The number of nitrogens with zero attached hydrogens (tertiary/aromatic N) is 6. The Balaban J connectivity index is 1.92. The highest BCUT2D eigenvalue weighted by atomic mass is 16.2. The molecule has 0 saturated heterocycles. The Morgan fingerprint density at radius 3 is 0.882 bits per heavy atom. The van der Waals surface area contributed by atoms with Gasteiger partial charge in [-0.1, -0.05) is 95.7 Å². The zero-order valence-electron chi connectivity index (χ0n) is 29.2. The Labute approximate surface area is 295 Å². The molecule has 0 aliphatic rings. The number of rotatable bonds is 18. The van der Waals surface area contributed by atoms with Crippen LogP contribution in [0.15, 0.2) is 102 Å². The Morgan fingerprint density at radius 2 is 0.686 bits per heavy atom. The highest BCUT2D eigenvalue weighted by Gasteiger charge is 2.21. The van der Waals surface area contributed by atoms with E-state index in [1.807, 2.05) is 20.8 Å². The summed E-state index contributed by atoms with van der Waals surface area (Å²) in [6.45, 7) is 6.10. The van der Waals surface area contributed by atoms with Gasteiger partial charge >= 0.3 is 17.1 Å². The van der Waals surface area contributed by atoms with Crippen molar-refractivity contribution in [3.63, 3.8) is 0 Å². The van der Waals surface area contributed by atoms with Gasteiger partial charge in [0, 0.05) is 0 Å². The van der Waals surface area contributed by atoms with Gasteiger partial charge in [-0.25, -0.2) is 42.5 Å². The molecule has 0 aliphatic heterocycles. The SMILES string of the molecule is CCCCC(N=C=O)c1ccc(-n2c(=O)n(-c3ccc(C(CCCC)N=C=O)cc3)c(=O)n(-c3ccc(C(CCCC)N=C=O)cc3)c2=O)cc1. The maximum absolute atomic E-state index is 14.2. The third-order valence-electron chi connectivity index (χ3n) is 8.87. The minimum atomic E-state index is -0.889. The fourth-order valence-electron chi connectivity index (χ4n) is 6.05. The molecule has 0 bridgehead atoms. The predicted molar refractivity (Wildman–Crippen MR) is 194 cm³/mol. The van der Waals surface area contributed by atoms with Gasteiger partial charge < -0.3 is 0 Å². The number of hydrogen-bond donors (Lipinski definition) is 0. The minimum Gasteiger partial charge on any atom is -0.246 e. The molecule has 1 heterocycles. The van der Waals surface area contributed by atoms with E-state index >= 15 is 0 Å². The minimum absolute atomic E-state index is 0.203. The van der Waals surface area contributed by atoms with E-state index < -0.39 is 35.2 Å². The van der Waals surface area contributed by atoms with Crippen molar-refractivity contribution in [2.24, 2.45) is 15.0 Å². The van der Waals surface area contributed by atoms with Crippen molar-refractivity contribution in [1.29, 1.82) is 0 Å². The van der Waals surface area contributed by atoms with E-state index in [-0.39, 0.29) is 17.1 Å². The van der Waals surface area contributed by atoms with Gasteiger partial charge in [-0.3, -0.25) is 0 Å². The van der Waals surface area contributed by atoms with Crippen LogP contribution in [0.2, 0.25) is 0 Å². The molecule has 0 amide bonds. The van der Waals surface area contributed by atoms with Crippen molar-refractivity contribution in [2.45, 2.75) is 96.7 Å². The first kappa shape index (κ1) is 38.0. The summed E-state index contributed by atoms with van der Waals surface area (Å²) >= 11 is 0. The van der Waals surface area contributed by atoms with Crippen LogP contribution >= 0.6 is 0 Å². The van der Waals surface area contributed by atoms with Gasteiger partial charge in [0.2, 0.25) is 18.2 Å². The molecule has 0 radical (unpaired) electrons. The summed E-state index contributed by atoms with van der Waals surface area (Å²) < 4.78 is 2.75. The maximum Gasteiger partial charge on any atom is 0.345 e. The smallest absolute Gasteiger partial charge is 0.246 e. The molecule has 3 atom stereocenters. The van der Waals surface area contributed by atoms with Crippen LogP contribution < -0.4 is 17.1 Å². The monoisotopic (exact) mass is 690 g/mol. The van der Waals surface area contributed by atoms with Crippen molar-refractivity contribution in [2.75, 3.05) is 0 Å². The average Bonchev–Trinajstić information content (AvgIpc) is 3.14. The highest BCUT2D eigenvalue weighted by molar-refractivity contribution is 5.43. The normalized spacial score (nSPS) is 12.5. The van der Waals surface area contributed by atoms with Gasteiger partial charge in [0.25, 0.3) is 0 Å². The first-order chi connectivity index (χ1) is 24.8. The predicted octanol–water partition coefficient (Wildman–Crippen LogP) is 6.84. The summed E-state index contributed by atoms with van der Waals surface area (Å²) in [7, 11) is 0. The van der Waals surface area contributed by atoms with Crippen molar-refractivity contribution >= 4 is 18.2 Å². The molecule has 4 rings (SSSR count). The van der Waals surface area contributed by atoms with Crippen LogP contribution in [0.1, 0.15) is 113 Å². The third-order valence-corrected chi connectivity index (χ3v) is 8.87. The van der Waals surface area contributed by atoms with Gasteiger partial charge in [0.15, 0.2) is 0 Å². The largest absolute Gasteiger partial charge is 0.345 e. The highest BCUT2D eigenvalue weighted by Crippen LogP contribution is 2.26. The lowest BCUT2D eigenvalue weighted by Gasteiger charge is -2.17. The number of benzene rings is 3. The third kappa shape index (κ3) is 9.07. The Bertz CT molecular complexity index is 1820. The topological polar surface area (TPSA) is 154 Å². The van der Waals surface area contributed by atoms with E-state index in [0.717, 1.165) is 68.9 Å². The summed E-state index contributed by atoms with van der Waals surface area (Å²) in [6, 6.07) is 18.4. The second-order valence-electron chi connectivity index (χ2n) is 12.3. The molecule has 0 fully saturated rings. The van der Waals surface area contributed by atoms with Gasteiger partial charge in [-0.05, 0) is 72.4 Å². The van der Waals surface area contributed by atoms with Gasteiger partial charge in [-0.2, -0.15) is 15.0 Å². The first-order valence-corrected chi connectivity index (χ1v) is 17.4. The molecular weight excluding hydrogens is 648 g/mol. The first-order valence-electron chi connectivity index (χ1n) is 17.4. The summed E-state index contributed by atoms with van der Waals surface area (Å²) in [5.41, 5.74) is 0.0932. The van der Waals surface area contributed by atoms with Crippen molar-refractivity contribution in [3.8, 4) is 17.1 Å². The van der Waals surface area contributed by atoms with Gasteiger partial charge in [0.1, 0.15) is 0 Å². The average molecular weight is 691 g/mol. The fraction of sp³-hybridized carbons (Fsp3) is 0.385. The Morgan fingerprint density at radius 1 is 0.451 bits per heavy atom. The Kier molecular flexibility index (Phi) is 14.0. The summed E-state index contributed by atoms with van der Waals surface area (Å²) in [6.07, 6.45) is 12.0. The lowest BCUT2D eigenvalue weighted by atomic mass is 10.0. The van der Waals surface area contributed by atoms with Crippen LogP contribution in [0.5, 0.6) is 0 Å². The van der Waals surface area contributed by atoms with E-state index in [4.69, 9.17) is 0 Å². The van der Waals surface area contributed by atoms with E-state index in [2.05, 4.69) is 15.0 Å². The lowest BCUT2D eigenvalue weighted by Crippen LogP contribution is -2.52. The molecular formula is C39H42N6O6. The molecule has 0 saturated carbocycles. The van der Waals surface area contributed by atoms with Crippen LogP contribution in [0.4, 0.5) is 0 Å². The summed E-state index contributed by atoms with van der Waals surface area (Å²) in [5, 5.41) is 0. The maximum atomic E-state index is 14.2. The van der Waals surface area contributed by atoms with Crippen LogP contribution in [0.3, 0.4) is 0 Å². The van der Waals surface area contributed by atoms with Gasteiger partial charge in [0.05, 0.1) is 35.2 Å². The van der Waals surface area contributed by atoms with Crippen molar-refractivity contribution < 1.29 is 14.4 Å². The van der Waals surface area contributed by atoms with E-state index in [1.54, 1.807) is 91.0 Å². The number of isocyanates is 3. The van der Waals surface area contributed by atoms with Crippen LogP contribution in [-0.4, -0.2) is 31.9 Å². The van der Waals surface area contributed by atoms with E-state index in [1.165, 1.54) is 0 Å². The zero-order valence-corrected chi connectivity index (χ0v) is 29.2. The zero-order chi connectivity index (χ0) is 36.8. The molecule has 51 heavy (non-hydrogen) atoms. The molecule has 0 aliphatic carbocycles.